The van der Waals surface area contributed by atoms with E-state index in [2.05, 4.69) is 36.4 Å². The van der Waals surface area contributed by atoms with Gasteiger partial charge in [-0.1, -0.05) is 0 Å². The van der Waals surface area contributed by atoms with Crippen molar-refractivity contribution in [3.63, 3.8) is 0 Å². The van der Waals surface area contributed by atoms with Crippen LogP contribution in [-0.4, -0.2) is 42.8 Å². The lowest BCUT2D eigenvalue weighted by atomic mass is 10.1. The second-order valence-electron chi connectivity index (χ2n) is 7.09. The summed E-state index contributed by atoms with van der Waals surface area (Å²) >= 11 is 4.57. The molecule has 1 aromatic rings. The van der Waals surface area contributed by atoms with Crippen molar-refractivity contribution in [2.24, 2.45) is 0 Å². The quantitative estimate of drug-likeness (QED) is 0.657. The van der Waals surface area contributed by atoms with Gasteiger partial charge in [0, 0.05) is 43.2 Å². The lowest BCUT2D eigenvalue weighted by Crippen LogP contribution is -2.50. The zero-order valence-electron chi connectivity index (χ0n) is 14.9. The van der Waals surface area contributed by atoms with Crippen molar-refractivity contribution in [1.29, 1.82) is 0 Å². The highest BCUT2D eigenvalue weighted by Gasteiger charge is 2.26. The van der Waals surface area contributed by atoms with Crippen molar-refractivity contribution >= 4 is 24.4 Å². The van der Waals surface area contributed by atoms with Gasteiger partial charge in [-0.15, -0.1) is 25.0 Å². The van der Waals surface area contributed by atoms with Gasteiger partial charge in [0.1, 0.15) is 5.60 Å². The first-order valence-electron chi connectivity index (χ1n) is 8.20. The summed E-state index contributed by atoms with van der Waals surface area (Å²) in [6.07, 6.45) is 5.79. The average Bonchev–Trinajstić information content (AvgIpc) is 2.49. The number of rotatable bonds is 2. The van der Waals surface area contributed by atoms with Gasteiger partial charge in [0.15, 0.2) is 0 Å². The summed E-state index contributed by atoms with van der Waals surface area (Å²) in [6, 6.07) is 4.16. The van der Waals surface area contributed by atoms with Crippen LogP contribution in [0.3, 0.4) is 0 Å². The zero-order chi connectivity index (χ0) is 17.9. The van der Waals surface area contributed by atoms with E-state index in [9.17, 15) is 4.79 Å². The van der Waals surface area contributed by atoms with Gasteiger partial charge < -0.3 is 14.5 Å². The minimum atomic E-state index is -0.463. The third kappa shape index (κ3) is 4.61. The van der Waals surface area contributed by atoms with Crippen molar-refractivity contribution < 1.29 is 9.53 Å². The van der Waals surface area contributed by atoms with Gasteiger partial charge in [-0.3, -0.25) is 0 Å². The number of terminal acetylenes is 1. The standard InChI is InChI=1S/C19H26N2O2S/c1-6-7-15-12-16(14(2)17(24)13-15)20-8-10-21(11-9-20)18(22)23-19(3,4)5/h1,12-13,24H,7-11H2,2-5H3. The summed E-state index contributed by atoms with van der Waals surface area (Å²) in [7, 11) is 0. The van der Waals surface area contributed by atoms with E-state index in [-0.39, 0.29) is 6.09 Å². The van der Waals surface area contributed by atoms with Gasteiger partial charge in [-0.05, 0) is 51.0 Å². The van der Waals surface area contributed by atoms with Crippen LogP contribution in [0.25, 0.3) is 0 Å². The molecule has 0 aliphatic carbocycles. The van der Waals surface area contributed by atoms with Crippen molar-refractivity contribution in [2.75, 3.05) is 31.1 Å². The predicted molar refractivity (Wildman–Crippen MR) is 101 cm³/mol. The maximum Gasteiger partial charge on any atom is 0.410 e. The Morgan fingerprint density at radius 2 is 1.92 bits per heavy atom. The van der Waals surface area contributed by atoms with Crippen LogP contribution in [0.5, 0.6) is 0 Å². The molecule has 5 heteroatoms. The number of amides is 1. The van der Waals surface area contributed by atoms with Gasteiger partial charge in [0.25, 0.3) is 0 Å². The van der Waals surface area contributed by atoms with E-state index in [1.807, 2.05) is 26.8 Å². The first-order chi connectivity index (χ1) is 11.2. The summed E-state index contributed by atoms with van der Waals surface area (Å²) in [5, 5.41) is 0. The van der Waals surface area contributed by atoms with E-state index in [4.69, 9.17) is 11.2 Å². The van der Waals surface area contributed by atoms with E-state index in [0.29, 0.717) is 19.5 Å². The zero-order valence-corrected chi connectivity index (χ0v) is 15.8. The van der Waals surface area contributed by atoms with Crippen LogP contribution in [0.15, 0.2) is 17.0 Å². The number of carbonyl (C=O) groups excluding carboxylic acids is 1. The van der Waals surface area contributed by atoms with Crippen LogP contribution in [0.4, 0.5) is 10.5 Å². The maximum atomic E-state index is 12.2. The highest BCUT2D eigenvalue weighted by molar-refractivity contribution is 7.80. The number of nitrogens with zero attached hydrogens (tertiary/aromatic N) is 2. The highest BCUT2D eigenvalue weighted by atomic mass is 32.1. The van der Waals surface area contributed by atoms with Gasteiger partial charge in [0.2, 0.25) is 0 Å². The molecule has 0 bridgehead atoms. The highest BCUT2D eigenvalue weighted by Crippen LogP contribution is 2.29. The molecule has 0 aromatic heterocycles. The summed E-state index contributed by atoms with van der Waals surface area (Å²) in [5.74, 6) is 2.68. The van der Waals surface area contributed by atoms with Crippen LogP contribution in [-0.2, 0) is 11.2 Å². The first-order valence-corrected chi connectivity index (χ1v) is 8.65. The molecule has 0 spiro atoms. The average molecular weight is 346 g/mol. The Labute approximate surface area is 150 Å². The summed E-state index contributed by atoms with van der Waals surface area (Å²) in [6.45, 7) is 10.6. The Hall–Kier alpha value is -1.80. The Bertz CT molecular complexity index is 651. The largest absolute Gasteiger partial charge is 0.444 e. The molecule has 1 heterocycles. The molecule has 1 amide bonds. The molecule has 0 unspecified atom stereocenters. The molecule has 0 atom stereocenters. The van der Waals surface area contributed by atoms with Crippen LogP contribution in [0.1, 0.15) is 31.9 Å². The first kappa shape index (κ1) is 18.5. The SMILES string of the molecule is C#CCc1cc(S)c(C)c(N2CCN(C(=O)OC(C)(C)C)CC2)c1. The van der Waals surface area contributed by atoms with Crippen molar-refractivity contribution in [3.05, 3.63) is 23.3 Å². The van der Waals surface area contributed by atoms with Gasteiger partial charge in [-0.25, -0.2) is 4.79 Å². The van der Waals surface area contributed by atoms with Crippen molar-refractivity contribution in [3.8, 4) is 12.3 Å². The van der Waals surface area contributed by atoms with Crippen molar-refractivity contribution in [2.45, 2.75) is 44.6 Å². The Morgan fingerprint density at radius 1 is 1.29 bits per heavy atom. The molecule has 1 aliphatic rings. The lowest BCUT2D eigenvalue weighted by molar-refractivity contribution is 0.0240. The van der Waals surface area contributed by atoms with Crippen LogP contribution in [0, 0.1) is 19.3 Å². The minimum absolute atomic E-state index is 0.241. The number of carbonyl (C=O) groups is 1. The predicted octanol–water partition coefficient (Wildman–Crippen LogP) is 3.52. The smallest absolute Gasteiger partial charge is 0.410 e. The summed E-state index contributed by atoms with van der Waals surface area (Å²) < 4.78 is 5.45. The molecule has 2 rings (SSSR count). The number of benzene rings is 1. The fourth-order valence-electron chi connectivity index (χ4n) is 2.75. The third-order valence-electron chi connectivity index (χ3n) is 3.99. The number of ether oxygens (including phenoxy) is 1. The van der Waals surface area contributed by atoms with Gasteiger partial charge in [-0.2, -0.15) is 0 Å². The Kier molecular flexibility index (Phi) is 5.71. The Balaban J connectivity index is 2.07. The molecule has 1 aromatic carbocycles. The van der Waals surface area contributed by atoms with E-state index in [1.165, 1.54) is 0 Å². The lowest BCUT2D eigenvalue weighted by Gasteiger charge is -2.37. The topological polar surface area (TPSA) is 32.8 Å². The second-order valence-corrected chi connectivity index (χ2v) is 7.58. The van der Waals surface area contributed by atoms with E-state index in [0.717, 1.165) is 34.8 Å². The maximum absolute atomic E-state index is 12.2. The normalized spacial score (nSPS) is 15.2. The molecule has 24 heavy (non-hydrogen) atoms. The van der Waals surface area contributed by atoms with Gasteiger partial charge >= 0.3 is 6.09 Å². The minimum Gasteiger partial charge on any atom is -0.444 e. The molecular formula is C19H26N2O2S. The van der Waals surface area contributed by atoms with Crippen LogP contribution >= 0.6 is 12.6 Å². The number of piperazine rings is 1. The van der Waals surface area contributed by atoms with Crippen LogP contribution < -0.4 is 4.90 Å². The molecule has 0 saturated carbocycles. The number of thiol groups is 1. The molecule has 0 N–H and O–H groups in total. The van der Waals surface area contributed by atoms with Crippen molar-refractivity contribution in [1.82, 2.24) is 4.90 Å². The fourth-order valence-corrected chi connectivity index (χ4v) is 3.03. The van der Waals surface area contributed by atoms with E-state index < -0.39 is 5.60 Å². The molecule has 1 fully saturated rings. The second kappa shape index (κ2) is 7.40. The molecule has 130 valence electrons. The number of hydrogen-bond acceptors (Lipinski definition) is 4. The number of anilines is 1. The van der Waals surface area contributed by atoms with Crippen LogP contribution in [0.2, 0.25) is 0 Å². The molecular weight excluding hydrogens is 320 g/mol. The molecule has 1 aliphatic heterocycles. The summed E-state index contributed by atoms with van der Waals surface area (Å²) in [4.78, 5) is 17.2. The molecule has 1 saturated heterocycles. The fraction of sp³-hybridized carbons (Fsp3) is 0.526. The Morgan fingerprint density at radius 3 is 2.46 bits per heavy atom. The van der Waals surface area contributed by atoms with Gasteiger partial charge in [0.05, 0.1) is 0 Å². The monoisotopic (exact) mass is 346 g/mol. The van der Waals surface area contributed by atoms with E-state index >= 15 is 0 Å². The number of hydrogen-bond donors (Lipinski definition) is 1. The van der Waals surface area contributed by atoms with E-state index in [1.54, 1.807) is 4.90 Å². The summed E-state index contributed by atoms with van der Waals surface area (Å²) in [5.41, 5.74) is 2.93. The molecule has 4 nitrogen and oxygen atoms in total. The third-order valence-corrected chi connectivity index (χ3v) is 4.46. The molecule has 0 radical (unpaired) electrons.